The zero-order valence-electron chi connectivity index (χ0n) is 8.36. The second-order valence-corrected chi connectivity index (χ2v) is 4.79. The lowest BCUT2D eigenvalue weighted by Gasteiger charge is -2.01. The van der Waals surface area contributed by atoms with E-state index in [0.29, 0.717) is 0 Å². The summed E-state index contributed by atoms with van der Waals surface area (Å²) in [6, 6.07) is 8.59. The van der Waals surface area contributed by atoms with Crippen molar-refractivity contribution < 1.29 is 0 Å². The maximum atomic E-state index is 5.68. The minimum absolute atomic E-state index is 0.783. The average Bonchev–Trinajstić information content (AvgIpc) is 2.84. The topological polar surface area (TPSA) is 38.9 Å². The van der Waals surface area contributed by atoms with Crippen LogP contribution in [-0.4, -0.2) is 4.37 Å². The Morgan fingerprint density at radius 2 is 2.00 bits per heavy atom. The first-order valence-corrected chi connectivity index (χ1v) is 5.94. The summed E-state index contributed by atoms with van der Waals surface area (Å²) in [5, 5.41) is 0.783. The number of rotatable bonds is 1. The summed E-state index contributed by atoms with van der Waals surface area (Å²) in [6.07, 6.45) is 3.73. The molecule has 2 N–H and O–H groups in total. The number of nitrogens with two attached hydrogens (primary N) is 1. The van der Waals surface area contributed by atoms with Crippen molar-refractivity contribution in [1.82, 2.24) is 4.37 Å². The van der Waals surface area contributed by atoms with Crippen molar-refractivity contribution in [3.8, 4) is 11.3 Å². The lowest BCUT2D eigenvalue weighted by atomic mass is 10.0. The summed E-state index contributed by atoms with van der Waals surface area (Å²) in [5.41, 5.74) is 10.9. The molecule has 3 heteroatoms. The van der Waals surface area contributed by atoms with E-state index in [1.54, 1.807) is 0 Å². The van der Waals surface area contributed by atoms with Crippen LogP contribution in [0.25, 0.3) is 11.3 Å². The van der Waals surface area contributed by atoms with E-state index in [4.69, 9.17) is 5.73 Å². The van der Waals surface area contributed by atoms with Crippen LogP contribution in [0.2, 0.25) is 0 Å². The monoisotopic (exact) mass is 216 g/mol. The number of hydrogen-bond donors (Lipinski definition) is 1. The van der Waals surface area contributed by atoms with Gasteiger partial charge in [-0.25, -0.2) is 0 Å². The molecule has 1 aliphatic rings. The minimum atomic E-state index is 0.783. The van der Waals surface area contributed by atoms with Gasteiger partial charge in [0.15, 0.2) is 0 Å². The standard InChI is InChI=1S/C12H12N2S/c13-12-7-11(14-15-12)10-5-4-8-2-1-3-9(8)6-10/h4-7H,1-3,13H2. The van der Waals surface area contributed by atoms with Crippen LogP contribution in [0, 0.1) is 0 Å². The maximum Gasteiger partial charge on any atom is 0.107 e. The lowest BCUT2D eigenvalue weighted by Crippen LogP contribution is -1.84. The zero-order chi connectivity index (χ0) is 10.3. The van der Waals surface area contributed by atoms with Crippen molar-refractivity contribution in [2.75, 3.05) is 5.73 Å². The van der Waals surface area contributed by atoms with Crippen LogP contribution in [0.5, 0.6) is 0 Å². The van der Waals surface area contributed by atoms with E-state index in [-0.39, 0.29) is 0 Å². The predicted octanol–water partition coefficient (Wildman–Crippen LogP) is 2.88. The Labute approximate surface area is 92.9 Å². The van der Waals surface area contributed by atoms with Crippen LogP contribution >= 0.6 is 11.5 Å². The summed E-state index contributed by atoms with van der Waals surface area (Å²) >= 11 is 1.36. The highest BCUT2D eigenvalue weighted by molar-refractivity contribution is 7.10. The molecule has 2 nitrogen and oxygen atoms in total. The van der Waals surface area contributed by atoms with E-state index in [0.717, 1.165) is 10.7 Å². The van der Waals surface area contributed by atoms with Gasteiger partial charge >= 0.3 is 0 Å². The van der Waals surface area contributed by atoms with Crippen LogP contribution in [0.3, 0.4) is 0 Å². The first-order chi connectivity index (χ1) is 7.33. The second-order valence-electron chi connectivity index (χ2n) is 3.95. The number of nitrogen functional groups attached to an aromatic ring is 1. The van der Waals surface area contributed by atoms with Crippen molar-refractivity contribution in [1.29, 1.82) is 0 Å². The lowest BCUT2D eigenvalue weighted by molar-refractivity contribution is 0.912. The van der Waals surface area contributed by atoms with E-state index >= 15 is 0 Å². The Kier molecular flexibility index (Phi) is 1.99. The number of anilines is 1. The summed E-state index contributed by atoms with van der Waals surface area (Å²) in [5.74, 6) is 0. The molecule has 0 saturated heterocycles. The van der Waals surface area contributed by atoms with Crippen molar-refractivity contribution in [2.24, 2.45) is 0 Å². The predicted molar refractivity (Wildman–Crippen MR) is 64.0 cm³/mol. The molecule has 0 bridgehead atoms. The van der Waals surface area contributed by atoms with E-state index in [1.807, 2.05) is 6.07 Å². The Bertz CT molecular complexity index is 502. The van der Waals surface area contributed by atoms with Gasteiger partial charge < -0.3 is 5.73 Å². The van der Waals surface area contributed by atoms with Gasteiger partial charge in [-0.15, -0.1) is 0 Å². The normalized spacial score (nSPS) is 14.1. The highest BCUT2D eigenvalue weighted by atomic mass is 32.1. The largest absolute Gasteiger partial charge is 0.389 e. The molecule has 0 radical (unpaired) electrons. The van der Waals surface area contributed by atoms with E-state index < -0.39 is 0 Å². The number of aromatic nitrogens is 1. The first kappa shape index (κ1) is 8.92. The molecule has 76 valence electrons. The Balaban J connectivity index is 2.06. The van der Waals surface area contributed by atoms with Crippen molar-refractivity contribution >= 4 is 16.5 Å². The maximum absolute atomic E-state index is 5.68. The van der Waals surface area contributed by atoms with Crippen molar-refractivity contribution in [2.45, 2.75) is 19.3 Å². The van der Waals surface area contributed by atoms with Gasteiger partial charge in [0.05, 0.1) is 5.69 Å². The molecule has 0 unspecified atom stereocenters. The number of nitrogens with zero attached hydrogens (tertiary/aromatic N) is 1. The molecular formula is C12H12N2S. The van der Waals surface area contributed by atoms with E-state index in [1.165, 1.54) is 47.5 Å². The van der Waals surface area contributed by atoms with Crippen LogP contribution < -0.4 is 5.73 Å². The van der Waals surface area contributed by atoms with Crippen LogP contribution in [-0.2, 0) is 12.8 Å². The van der Waals surface area contributed by atoms with Gasteiger partial charge in [0, 0.05) is 11.6 Å². The smallest absolute Gasteiger partial charge is 0.107 e. The summed E-state index contributed by atoms with van der Waals surface area (Å²) in [7, 11) is 0. The molecule has 0 saturated carbocycles. The van der Waals surface area contributed by atoms with Gasteiger partial charge in [-0.3, -0.25) is 0 Å². The molecule has 1 aliphatic carbocycles. The molecule has 0 atom stereocenters. The highest BCUT2D eigenvalue weighted by Gasteiger charge is 2.12. The fourth-order valence-corrected chi connectivity index (χ4v) is 2.68. The molecule has 2 aromatic rings. The molecular weight excluding hydrogens is 204 g/mol. The van der Waals surface area contributed by atoms with Gasteiger partial charge in [-0.05, 0) is 48.0 Å². The minimum Gasteiger partial charge on any atom is -0.389 e. The fraction of sp³-hybridized carbons (Fsp3) is 0.250. The van der Waals surface area contributed by atoms with E-state index in [9.17, 15) is 0 Å². The molecule has 1 aromatic heterocycles. The third-order valence-corrected chi connectivity index (χ3v) is 3.54. The van der Waals surface area contributed by atoms with Gasteiger partial charge in [0.1, 0.15) is 5.00 Å². The van der Waals surface area contributed by atoms with Crippen LogP contribution in [0.15, 0.2) is 24.3 Å². The van der Waals surface area contributed by atoms with E-state index in [2.05, 4.69) is 22.6 Å². The van der Waals surface area contributed by atoms with Gasteiger partial charge in [0.2, 0.25) is 0 Å². The Hall–Kier alpha value is -1.35. The molecule has 1 aromatic carbocycles. The molecule has 0 aliphatic heterocycles. The third kappa shape index (κ3) is 1.53. The highest BCUT2D eigenvalue weighted by Crippen LogP contribution is 2.29. The van der Waals surface area contributed by atoms with Gasteiger partial charge in [-0.1, -0.05) is 12.1 Å². The summed E-state index contributed by atoms with van der Waals surface area (Å²) in [4.78, 5) is 0. The van der Waals surface area contributed by atoms with Crippen molar-refractivity contribution in [3.63, 3.8) is 0 Å². The van der Waals surface area contributed by atoms with Gasteiger partial charge in [0.25, 0.3) is 0 Å². The number of hydrogen-bond acceptors (Lipinski definition) is 3. The van der Waals surface area contributed by atoms with Crippen LogP contribution in [0.4, 0.5) is 5.00 Å². The quantitative estimate of drug-likeness (QED) is 0.796. The number of aryl methyl sites for hydroxylation is 2. The third-order valence-electron chi connectivity index (χ3n) is 2.92. The number of fused-ring (bicyclic) bond motifs is 1. The number of benzene rings is 1. The second kappa shape index (κ2) is 3.35. The van der Waals surface area contributed by atoms with Gasteiger partial charge in [-0.2, -0.15) is 4.37 Å². The molecule has 1 heterocycles. The first-order valence-electron chi connectivity index (χ1n) is 5.17. The molecule has 0 spiro atoms. The fourth-order valence-electron chi connectivity index (χ4n) is 2.16. The Morgan fingerprint density at radius 1 is 1.13 bits per heavy atom. The SMILES string of the molecule is Nc1cc(-c2ccc3c(c2)CCC3)ns1. The van der Waals surface area contributed by atoms with Crippen LogP contribution in [0.1, 0.15) is 17.5 Å². The summed E-state index contributed by atoms with van der Waals surface area (Å²) in [6.45, 7) is 0. The molecule has 0 fully saturated rings. The average molecular weight is 216 g/mol. The molecule has 0 amide bonds. The Morgan fingerprint density at radius 3 is 2.80 bits per heavy atom. The zero-order valence-corrected chi connectivity index (χ0v) is 9.18. The van der Waals surface area contributed by atoms with Crippen molar-refractivity contribution in [3.05, 3.63) is 35.4 Å². The molecule has 15 heavy (non-hydrogen) atoms. The summed E-state index contributed by atoms with van der Waals surface area (Å²) < 4.78 is 4.33. The molecule has 3 rings (SSSR count).